The zero-order chi connectivity index (χ0) is 15.0. The number of nitrogens with one attached hydrogen (secondary N) is 2. The number of nitrogens with zero attached hydrogens (tertiary/aromatic N) is 2. The zero-order valence-electron chi connectivity index (χ0n) is 10.9. The molecule has 0 fully saturated rings. The Balaban J connectivity index is 2.09. The number of H-pyrrole nitrogens is 2. The van der Waals surface area contributed by atoms with E-state index in [4.69, 9.17) is 0 Å². The highest BCUT2D eigenvalue weighted by atomic mass is 16.4. The number of fused-ring (bicyclic) bond motifs is 1. The first-order chi connectivity index (χ1) is 10.1. The van der Waals surface area contributed by atoms with Crippen molar-refractivity contribution in [1.82, 2.24) is 15.2 Å². The maximum atomic E-state index is 11.8. The molecule has 8 heteroatoms. The summed E-state index contributed by atoms with van der Waals surface area (Å²) in [7, 11) is 0. The van der Waals surface area contributed by atoms with Gasteiger partial charge >= 0.3 is 11.7 Å². The van der Waals surface area contributed by atoms with E-state index in [9.17, 15) is 19.5 Å². The smallest absolute Gasteiger partial charge is 0.342 e. The molecule has 0 amide bonds. The van der Waals surface area contributed by atoms with Crippen LogP contribution in [0.15, 0.2) is 33.9 Å². The van der Waals surface area contributed by atoms with Gasteiger partial charge in [0.2, 0.25) is 5.82 Å². The molecule has 8 nitrogen and oxygen atoms in total. The fraction of sp³-hybridized carbons (Fsp3) is 0.231. The summed E-state index contributed by atoms with van der Waals surface area (Å²) in [6.07, 6.45) is 0.270. The number of aromatic nitrogens is 3. The van der Waals surface area contributed by atoms with E-state index in [1.807, 2.05) is 24.3 Å². The van der Waals surface area contributed by atoms with Gasteiger partial charge in [0.05, 0.1) is 0 Å². The molecule has 0 bridgehead atoms. The Labute approximate surface area is 118 Å². The summed E-state index contributed by atoms with van der Waals surface area (Å²) >= 11 is 0. The Morgan fingerprint density at radius 1 is 1.29 bits per heavy atom. The van der Waals surface area contributed by atoms with Crippen LogP contribution in [0, 0.1) is 0 Å². The number of hydrogen-bond donors (Lipinski definition) is 3. The van der Waals surface area contributed by atoms with Crippen molar-refractivity contribution >= 4 is 11.8 Å². The van der Waals surface area contributed by atoms with Crippen molar-refractivity contribution in [1.29, 1.82) is 0 Å². The molecule has 1 aliphatic heterocycles. The van der Waals surface area contributed by atoms with Crippen LogP contribution >= 0.6 is 0 Å². The molecule has 1 aromatic heterocycles. The lowest BCUT2D eigenvalue weighted by Crippen LogP contribution is -2.48. The SMILES string of the molecule is O=C(O)C1Cc2ccccc2CN1c1n[nH]c(=O)[nH]c1=O. The number of aromatic amines is 2. The largest absolute Gasteiger partial charge is 0.480 e. The molecule has 0 radical (unpaired) electrons. The molecule has 0 saturated heterocycles. The molecule has 0 spiro atoms. The summed E-state index contributed by atoms with van der Waals surface area (Å²) < 4.78 is 0. The molecule has 3 N–H and O–H groups in total. The molecule has 108 valence electrons. The van der Waals surface area contributed by atoms with E-state index in [0.29, 0.717) is 0 Å². The Morgan fingerprint density at radius 3 is 2.67 bits per heavy atom. The lowest BCUT2D eigenvalue weighted by molar-refractivity contribution is -0.138. The van der Waals surface area contributed by atoms with E-state index < -0.39 is 23.3 Å². The van der Waals surface area contributed by atoms with Gasteiger partial charge in [-0.2, -0.15) is 0 Å². The molecule has 1 unspecified atom stereocenters. The molecule has 1 atom stereocenters. The van der Waals surface area contributed by atoms with Gasteiger partial charge in [-0.1, -0.05) is 24.3 Å². The van der Waals surface area contributed by atoms with Crippen LogP contribution in [0.4, 0.5) is 5.82 Å². The zero-order valence-corrected chi connectivity index (χ0v) is 10.9. The van der Waals surface area contributed by atoms with Crippen LogP contribution in [0.2, 0.25) is 0 Å². The van der Waals surface area contributed by atoms with Crippen molar-refractivity contribution in [3.05, 3.63) is 56.2 Å². The number of carboxylic acid groups (broad SMARTS) is 1. The highest BCUT2D eigenvalue weighted by Gasteiger charge is 2.33. The first kappa shape index (κ1) is 13.1. The van der Waals surface area contributed by atoms with Gasteiger partial charge in [-0.15, -0.1) is 5.10 Å². The van der Waals surface area contributed by atoms with Crippen molar-refractivity contribution in [2.75, 3.05) is 4.90 Å². The van der Waals surface area contributed by atoms with Crippen LogP contribution < -0.4 is 16.1 Å². The van der Waals surface area contributed by atoms with Crippen molar-refractivity contribution in [3.8, 4) is 0 Å². The summed E-state index contributed by atoms with van der Waals surface area (Å²) in [5.41, 5.74) is 0.432. The highest BCUT2D eigenvalue weighted by Crippen LogP contribution is 2.25. The molecule has 21 heavy (non-hydrogen) atoms. The molecule has 1 aliphatic rings. The van der Waals surface area contributed by atoms with Crippen LogP contribution in [0.1, 0.15) is 11.1 Å². The molecular weight excluding hydrogens is 276 g/mol. The molecule has 2 heterocycles. The summed E-state index contributed by atoms with van der Waals surface area (Å²) in [6, 6.07) is 6.54. The average molecular weight is 288 g/mol. The Hall–Kier alpha value is -2.90. The first-order valence-corrected chi connectivity index (χ1v) is 6.31. The van der Waals surface area contributed by atoms with Gasteiger partial charge in [0.15, 0.2) is 0 Å². The minimum atomic E-state index is -1.04. The van der Waals surface area contributed by atoms with Crippen molar-refractivity contribution in [3.63, 3.8) is 0 Å². The number of carboxylic acids is 1. The second-order valence-electron chi connectivity index (χ2n) is 4.79. The summed E-state index contributed by atoms with van der Waals surface area (Å²) in [6.45, 7) is 0.245. The number of carbonyl (C=O) groups is 1. The van der Waals surface area contributed by atoms with Crippen LogP contribution in [0.5, 0.6) is 0 Å². The molecule has 3 rings (SSSR count). The van der Waals surface area contributed by atoms with E-state index >= 15 is 0 Å². The third-order valence-corrected chi connectivity index (χ3v) is 3.50. The Morgan fingerprint density at radius 2 is 2.00 bits per heavy atom. The molecular formula is C13H12N4O4. The van der Waals surface area contributed by atoms with Gasteiger partial charge in [-0.3, -0.25) is 9.78 Å². The van der Waals surface area contributed by atoms with E-state index in [2.05, 4.69) is 15.2 Å². The number of hydrogen-bond acceptors (Lipinski definition) is 5. The predicted octanol–water partition coefficient (Wildman–Crippen LogP) is -0.526. The van der Waals surface area contributed by atoms with Crippen LogP contribution in [0.3, 0.4) is 0 Å². The maximum absolute atomic E-state index is 11.8. The maximum Gasteiger partial charge on any atom is 0.342 e. The fourth-order valence-corrected chi connectivity index (χ4v) is 2.50. The number of benzene rings is 1. The van der Waals surface area contributed by atoms with Crippen LogP contribution in [-0.2, 0) is 17.8 Å². The normalized spacial score (nSPS) is 17.3. The highest BCUT2D eigenvalue weighted by molar-refractivity contribution is 5.79. The van der Waals surface area contributed by atoms with Gasteiger partial charge in [-0.25, -0.2) is 14.7 Å². The summed E-state index contributed by atoms with van der Waals surface area (Å²) in [5, 5.41) is 15.2. The van der Waals surface area contributed by atoms with Crippen molar-refractivity contribution in [2.24, 2.45) is 0 Å². The van der Waals surface area contributed by atoms with Crippen molar-refractivity contribution < 1.29 is 9.90 Å². The van der Waals surface area contributed by atoms with Gasteiger partial charge in [-0.05, 0) is 11.1 Å². The van der Waals surface area contributed by atoms with E-state index in [0.717, 1.165) is 11.1 Å². The van der Waals surface area contributed by atoms with E-state index in [1.54, 1.807) is 0 Å². The van der Waals surface area contributed by atoms with Crippen LogP contribution in [-0.4, -0.2) is 32.3 Å². The van der Waals surface area contributed by atoms with Crippen LogP contribution in [0.25, 0.3) is 0 Å². The fourth-order valence-electron chi connectivity index (χ4n) is 2.50. The second-order valence-corrected chi connectivity index (χ2v) is 4.79. The Bertz CT molecular complexity index is 810. The van der Waals surface area contributed by atoms with E-state index in [1.165, 1.54) is 4.90 Å². The number of rotatable bonds is 2. The summed E-state index contributed by atoms with van der Waals surface area (Å²) in [4.78, 5) is 37.8. The first-order valence-electron chi connectivity index (χ1n) is 6.31. The average Bonchev–Trinajstić information content (AvgIpc) is 2.46. The van der Waals surface area contributed by atoms with Gasteiger partial charge in [0.1, 0.15) is 6.04 Å². The third kappa shape index (κ3) is 2.31. The lowest BCUT2D eigenvalue weighted by Gasteiger charge is -2.34. The van der Waals surface area contributed by atoms with Gasteiger partial charge in [0, 0.05) is 13.0 Å². The molecule has 1 aromatic carbocycles. The minimum absolute atomic E-state index is 0.100. The third-order valence-electron chi connectivity index (χ3n) is 3.50. The number of aliphatic carboxylic acids is 1. The monoisotopic (exact) mass is 288 g/mol. The molecule has 0 aliphatic carbocycles. The van der Waals surface area contributed by atoms with E-state index in [-0.39, 0.29) is 18.8 Å². The lowest BCUT2D eigenvalue weighted by atomic mass is 9.94. The predicted molar refractivity (Wildman–Crippen MR) is 73.2 cm³/mol. The van der Waals surface area contributed by atoms with Gasteiger partial charge in [0.25, 0.3) is 5.56 Å². The topological polar surface area (TPSA) is 119 Å². The summed E-state index contributed by atoms with van der Waals surface area (Å²) in [5.74, 6) is -1.14. The second kappa shape index (κ2) is 4.89. The number of anilines is 1. The van der Waals surface area contributed by atoms with Crippen molar-refractivity contribution in [2.45, 2.75) is 19.0 Å². The Kier molecular flexibility index (Phi) is 3.05. The quantitative estimate of drug-likeness (QED) is 0.683. The standard InChI is InChI=1S/C13H12N4O4/c18-11-10(15-16-13(21)14-11)17-6-8-4-2-1-3-7(8)5-9(17)12(19)20/h1-4,9H,5-6H2,(H,19,20)(H2,14,16,18,21). The minimum Gasteiger partial charge on any atom is -0.480 e. The van der Waals surface area contributed by atoms with Gasteiger partial charge < -0.3 is 10.0 Å². The molecule has 0 saturated carbocycles. The molecule has 2 aromatic rings.